The monoisotopic (exact) mass is 950 g/mol. The summed E-state index contributed by atoms with van der Waals surface area (Å²) in [5, 5.41) is 12.6. The van der Waals surface area contributed by atoms with Gasteiger partial charge in [0.15, 0.2) is 0 Å². The number of hydrogen-bond donors (Lipinski definition) is 1. The number of aromatic nitrogens is 3. The first kappa shape index (κ1) is 32.8. The van der Waals surface area contributed by atoms with Crippen LogP contribution in [0.25, 0.3) is 83.9 Å². The van der Waals surface area contributed by atoms with Gasteiger partial charge < -0.3 is 5.11 Å². The predicted octanol–water partition coefficient (Wildman–Crippen LogP) is 18.6. The van der Waals surface area contributed by atoms with Crippen molar-refractivity contribution >= 4 is 11.0 Å². The van der Waals surface area contributed by atoms with E-state index in [1.165, 1.54) is 12.3 Å². The van der Waals surface area contributed by atoms with E-state index in [9.17, 15) is 7.85 Å². The van der Waals surface area contributed by atoms with Crippen molar-refractivity contribution in [2.24, 2.45) is 0 Å². The Hall–Kier alpha value is -7.04. The molecule has 0 unspecified atom stereocenters. The van der Waals surface area contributed by atoms with Crippen molar-refractivity contribution in [3.8, 4) is 78.6 Å². The van der Waals surface area contributed by atoms with E-state index in [-0.39, 0.29) is 39.7 Å². The molecule has 7 aromatic carbocycles. The molecule has 1 N–H and O–H groups in total. The van der Waals surface area contributed by atoms with Crippen molar-refractivity contribution < 1.29 is 27.0 Å². The highest BCUT2D eigenvalue weighted by molar-refractivity contribution is 5.98. The van der Waals surface area contributed by atoms with E-state index >= 15 is 0 Å². The van der Waals surface area contributed by atoms with Crippen LogP contribution in [0, 0.1) is 6.85 Å². The Morgan fingerprint density at radius 2 is 1.23 bits per heavy atom. The molecule has 0 amide bonds. The van der Waals surface area contributed by atoms with Gasteiger partial charge in [-0.3, -0.25) is 9.55 Å². The molecule has 2 heterocycles. The van der Waals surface area contributed by atoms with E-state index in [2.05, 4.69) is 34.6 Å². The van der Waals surface area contributed by atoms with E-state index in [1.54, 1.807) is 12.1 Å². The van der Waals surface area contributed by atoms with E-state index in [4.69, 9.17) is 29.2 Å². The molecule has 360 valence electrons. The number of phenolic OH excluding ortho intramolecular Hbond substituents is 1. The Bertz CT molecular complexity index is 4050. The molecule has 2 aromatic heterocycles. The standard InChI is InChI=1S/C67H71N3O/c1-41(2)48-37-55(42(3)4)63(71)58(38-48)64-69-62-54(49-34-50(36-53(35-49)67(12,13)14)59-39-47(31-32-68-59)44-23-27-51(28-24-44)65(6,7)8)21-18-22-60(62)70(64)61-33-43(5)56(40-57(61)45-19-16-15-17-20-45)46-25-29-52(30-26-46)66(9,10)11/h15-42,71H,1-14H3/i5D3,6D3,7D3,8D3,23D,24D,27D,28D. The minimum absolute atomic E-state index is 0.0332. The summed E-state index contributed by atoms with van der Waals surface area (Å²) in [4.78, 5) is 10.3. The largest absolute Gasteiger partial charge is 0.507 e. The molecule has 0 saturated heterocycles. The molecular weight excluding hydrogens is 863 g/mol. The van der Waals surface area contributed by atoms with Crippen LogP contribution < -0.4 is 0 Å². The Morgan fingerprint density at radius 1 is 0.535 bits per heavy atom. The molecule has 9 rings (SSSR count). The number of rotatable bonds is 9. The normalized spacial score (nSPS) is 16.4. The molecular formula is C67H71N3O. The quantitative estimate of drug-likeness (QED) is 0.157. The number of para-hydroxylation sites is 1. The number of benzene rings is 7. The van der Waals surface area contributed by atoms with Crippen LogP contribution >= 0.6 is 0 Å². The molecule has 0 bridgehead atoms. The second kappa shape index (κ2) is 18.6. The minimum atomic E-state index is -3.84. The molecule has 0 atom stereocenters. The fourth-order valence-corrected chi connectivity index (χ4v) is 9.14. The van der Waals surface area contributed by atoms with Crippen LogP contribution in [-0.2, 0) is 16.2 Å². The zero-order chi connectivity index (χ0) is 64.2. The zero-order valence-corrected chi connectivity index (χ0v) is 42.1. The molecule has 0 spiro atoms. The van der Waals surface area contributed by atoms with Crippen molar-refractivity contribution in [3.05, 3.63) is 191 Å². The second-order valence-electron chi connectivity index (χ2n) is 21.3. The summed E-state index contributed by atoms with van der Waals surface area (Å²) in [6.45, 7) is 6.60. The van der Waals surface area contributed by atoms with Crippen LogP contribution in [0.3, 0.4) is 0 Å². The first-order chi connectivity index (χ1) is 40.2. The number of hydrogen-bond acceptors (Lipinski definition) is 3. The average molecular weight is 950 g/mol. The number of fused-ring (bicyclic) bond motifs is 1. The number of pyridine rings is 1. The summed E-state index contributed by atoms with van der Waals surface area (Å²) in [6.07, 6.45) is 1.41. The fraction of sp³-hybridized carbons (Fsp3) is 0.284. The molecule has 0 saturated carbocycles. The Balaban J connectivity index is 1.34. The summed E-state index contributed by atoms with van der Waals surface area (Å²) in [5.74, 6) is 0.333. The van der Waals surface area contributed by atoms with Gasteiger partial charge in [-0.25, -0.2) is 4.98 Å². The number of aromatic hydroxyl groups is 1. The summed E-state index contributed by atoms with van der Waals surface area (Å²) in [7, 11) is 0. The summed E-state index contributed by atoms with van der Waals surface area (Å²) < 4.78 is 141. The highest BCUT2D eigenvalue weighted by Gasteiger charge is 2.27. The minimum Gasteiger partial charge on any atom is -0.507 e. The molecule has 9 aromatic rings. The van der Waals surface area contributed by atoms with Crippen LogP contribution in [0.15, 0.2) is 158 Å². The van der Waals surface area contributed by atoms with Gasteiger partial charge in [-0.2, -0.15) is 0 Å². The maximum atomic E-state index is 12.6. The lowest BCUT2D eigenvalue weighted by Crippen LogP contribution is -2.11. The van der Waals surface area contributed by atoms with Gasteiger partial charge in [-0.1, -0.05) is 193 Å². The van der Waals surface area contributed by atoms with Crippen molar-refractivity contribution in [1.29, 1.82) is 0 Å². The average Bonchev–Trinajstić information content (AvgIpc) is 0.933. The van der Waals surface area contributed by atoms with Crippen molar-refractivity contribution in [1.82, 2.24) is 14.5 Å². The molecule has 0 aliphatic heterocycles. The Labute approximate surface area is 446 Å². The molecule has 4 heteroatoms. The van der Waals surface area contributed by atoms with E-state index in [0.717, 1.165) is 27.8 Å². The number of imidazole rings is 1. The molecule has 4 nitrogen and oxygen atoms in total. The summed E-state index contributed by atoms with van der Waals surface area (Å²) in [6, 6.07) is 36.1. The molecule has 71 heavy (non-hydrogen) atoms. The first-order valence-electron chi connectivity index (χ1n) is 32.2. The number of aryl methyl sites for hydroxylation is 1. The number of nitrogens with zero attached hydrogens (tertiary/aromatic N) is 3. The lowest BCUT2D eigenvalue weighted by Gasteiger charge is -2.22. The van der Waals surface area contributed by atoms with Crippen molar-refractivity contribution in [3.63, 3.8) is 0 Å². The van der Waals surface area contributed by atoms with Gasteiger partial charge in [-0.15, -0.1) is 0 Å². The molecule has 0 aliphatic carbocycles. The molecule has 0 radical (unpaired) electrons. The molecule has 0 fully saturated rings. The highest BCUT2D eigenvalue weighted by atomic mass is 16.3. The third-order valence-corrected chi connectivity index (χ3v) is 13.4. The van der Waals surface area contributed by atoms with Gasteiger partial charge >= 0.3 is 0 Å². The SMILES string of the molecule is [2H]c1c([2H])c(C(C([2H])([2H])[2H])(C([2H])([2H])[2H])C([2H])([2H])[2H])c([2H])c([2H])c1-c1ccnc(-c2cc(-c3cccc4c3nc(-c3cc(C(C)C)cc(C(C)C)c3O)n4-c3cc(C([2H])([2H])[2H])c(-c4ccc(C(C)(C)C)cc4)cc3-c3ccccc3)cc(C(C)(C)C)c2)c1. The summed E-state index contributed by atoms with van der Waals surface area (Å²) in [5.41, 5.74) is 4.84. The second-order valence-corrected chi connectivity index (χ2v) is 21.3. The highest BCUT2D eigenvalue weighted by Crippen LogP contribution is 2.46. The van der Waals surface area contributed by atoms with E-state index < -0.39 is 68.0 Å². The van der Waals surface area contributed by atoms with Gasteiger partial charge in [-0.05, 0) is 150 Å². The van der Waals surface area contributed by atoms with Crippen LogP contribution in [0.5, 0.6) is 5.75 Å². The lowest BCUT2D eigenvalue weighted by molar-refractivity contribution is 0.466. The van der Waals surface area contributed by atoms with Crippen molar-refractivity contribution in [2.45, 2.75) is 125 Å². The van der Waals surface area contributed by atoms with Crippen LogP contribution in [0.4, 0.5) is 0 Å². The van der Waals surface area contributed by atoms with Crippen molar-refractivity contribution in [2.75, 3.05) is 0 Å². The Morgan fingerprint density at radius 3 is 1.87 bits per heavy atom. The van der Waals surface area contributed by atoms with Gasteiger partial charge in [0.1, 0.15) is 11.6 Å². The van der Waals surface area contributed by atoms with E-state index in [1.807, 2.05) is 148 Å². The van der Waals surface area contributed by atoms with Gasteiger partial charge in [0.2, 0.25) is 0 Å². The lowest BCUT2D eigenvalue weighted by atomic mass is 9.83. The van der Waals surface area contributed by atoms with E-state index in [0.29, 0.717) is 67.2 Å². The topological polar surface area (TPSA) is 50.9 Å². The predicted molar refractivity (Wildman–Crippen MR) is 302 cm³/mol. The van der Waals surface area contributed by atoms with Gasteiger partial charge in [0.05, 0.1) is 33.5 Å². The van der Waals surface area contributed by atoms with Gasteiger partial charge in [0, 0.05) is 39.3 Å². The third-order valence-electron chi connectivity index (χ3n) is 13.4. The smallest absolute Gasteiger partial charge is 0.149 e. The van der Waals surface area contributed by atoms with Gasteiger partial charge in [0.25, 0.3) is 0 Å². The summed E-state index contributed by atoms with van der Waals surface area (Å²) >= 11 is 0. The maximum absolute atomic E-state index is 12.6. The fourth-order valence-electron chi connectivity index (χ4n) is 9.14. The zero-order valence-electron chi connectivity index (χ0n) is 58.1. The van der Waals surface area contributed by atoms with Crippen LogP contribution in [0.2, 0.25) is 0 Å². The number of phenols is 1. The maximum Gasteiger partial charge on any atom is 0.149 e. The first-order valence-corrected chi connectivity index (χ1v) is 24.2. The Kier molecular flexibility index (Phi) is 8.59. The third kappa shape index (κ3) is 9.74. The van der Waals surface area contributed by atoms with Crippen LogP contribution in [0.1, 0.15) is 157 Å². The molecule has 0 aliphatic rings. The van der Waals surface area contributed by atoms with Crippen LogP contribution in [-0.4, -0.2) is 19.6 Å².